The second kappa shape index (κ2) is 10.7. The third kappa shape index (κ3) is 4.85. The summed E-state index contributed by atoms with van der Waals surface area (Å²) in [5.41, 5.74) is 1.50. The van der Waals surface area contributed by atoms with Crippen LogP contribution in [0.15, 0.2) is 61.9 Å². The molecule has 1 aromatic heterocycles. The first-order chi connectivity index (χ1) is 17.3. The lowest BCUT2D eigenvalue weighted by Gasteiger charge is -2.25. The molecule has 0 fully saturated rings. The number of hydrogen-bond acceptors (Lipinski definition) is 7. The summed E-state index contributed by atoms with van der Waals surface area (Å²) in [7, 11) is 2.79. The van der Waals surface area contributed by atoms with Gasteiger partial charge in [-0.05, 0) is 49.4 Å². The van der Waals surface area contributed by atoms with Crippen molar-refractivity contribution in [3.8, 4) is 23.8 Å². The van der Waals surface area contributed by atoms with Crippen molar-refractivity contribution in [2.75, 3.05) is 20.8 Å². The summed E-state index contributed by atoms with van der Waals surface area (Å²) in [6, 6.07) is 9.59. The number of esters is 1. The molecule has 0 unspecified atom stereocenters. The highest BCUT2D eigenvalue weighted by Gasteiger charge is 2.35. The zero-order valence-corrected chi connectivity index (χ0v) is 22.7. The van der Waals surface area contributed by atoms with Gasteiger partial charge in [-0.15, -0.1) is 6.42 Å². The van der Waals surface area contributed by atoms with E-state index in [9.17, 15) is 9.59 Å². The Morgan fingerprint density at radius 1 is 1.28 bits per heavy atom. The second-order valence-electron chi connectivity index (χ2n) is 7.63. The van der Waals surface area contributed by atoms with Crippen LogP contribution in [0.2, 0.25) is 5.02 Å². The van der Waals surface area contributed by atoms with Crippen molar-refractivity contribution in [1.29, 1.82) is 0 Å². The molecule has 184 valence electrons. The Bertz CT molecular complexity index is 1620. The molecule has 0 saturated heterocycles. The van der Waals surface area contributed by atoms with Crippen LogP contribution in [0.3, 0.4) is 0 Å². The van der Waals surface area contributed by atoms with Gasteiger partial charge in [0.15, 0.2) is 4.80 Å². The maximum absolute atomic E-state index is 13.8. The summed E-state index contributed by atoms with van der Waals surface area (Å²) in [5, 5.41) is 0.427. The molecule has 2 heterocycles. The molecule has 0 saturated carbocycles. The van der Waals surface area contributed by atoms with E-state index in [-0.39, 0.29) is 17.7 Å². The predicted octanol–water partition coefficient (Wildman–Crippen LogP) is 3.84. The van der Waals surface area contributed by atoms with Crippen molar-refractivity contribution in [1.82, 2.24) is 4.57 Å². The number of halogens is 2. The zero-order valence-electron chi connectivity index (χ0n) is 19.5. The molecule has 1 aliphatic heterocycles. The van der Waals surface area contributed by atoms with Crippen molar-refractivity contribution in [2.45, 2.75) is 13.0 Å². The molecule has 2 aromatic carbocycles. The molecule has 7 nitrogen and oxygen atoms in total. The average Bonchev–Trinajstić information content (AvgIpc) is 3.16. The van der Waals surface area contributed by atoms with Crippen LogP contribution in [0.4, 0.5) is 0 Å². The van der Waals surface area contributed by atoms with E-state index in [1.54, 1.807) is 37.3 Å². The third-order valence-corrected chi connectivity index (χ3v) is 7.19. The first-order valence-corrected chi connectivity index (χ1v) is 12.6. The molecule has 1 atom stereocenters. The Kier molecular flexibility index (Phi) is 7.69. The number of allylic oxidation sites excluding steroid dienone is 1. The fourth-order valence-electron chi connectivity index (χ4n) is 3.93. The molecule has 4 rings (SSSR count). The summed E-state index contributed by atoms with van der Waals surface area (Å²) in [4.78, 5) is 31.7. The predicted molar refractivity (Wildman–Crippen MR) is 142 cm³/mol. The van der Waals surface area contributed by atoms with Crippen LogP contribution in [0.5, 0.6) is 11.5 Å². The summed E-state index contributed by atoms with van der Waals surface area (Å²) in [5.74, 6) is 2.83. The van der Waals surface area contributed by atoms with Crippen molar-refractivity contribution in [3.63, 3.8) is 0 Å². The van der Waals surface area contributed by atoms with Crippen LogP contribution < -0.4 is 24.4 Å². The van der Waals surface area contributed by atoms with Gasteiger partial charge in [0.1, 0.15) is 24.1 Å². The van der Waals surface area contributed by atoms with Crippen molar-refractivity contribution < 1.29 is 19.0 Å². The van der Waals surface area contributed by atoms with Gasteiger partial charge < -0.3 is 14.2 Å². The summed E-state index contributed by atoms with van der Waals surface area (Å²) >= 11 is 11.0. The number of carbonyl (C=O) groups is 1. The molecule has 0 amide bonds. The van der Waals surface area contributed by atoms with Gasteiger partial charge in [0, 0.05) is 20.6 Å². The minimum Gasteiger partial charge on any atom is -0.496 e. The minimum atomic E-state index is -0.857. The highest BCUT2D eigenvalue weighted by atomic mass is 79.9. The highest BCUT2D eigenvalue weighted by molar-refractivity contribution is 9.10. The molecule has 1 aliphatic rings. The maximum atomic E-state index is 13.8. The van der Waals surface area contributed by atoms with E-state index in [2.05, 4.69) is 26.8 Å². The van der Waals surface area contributed by atoms with E-state index in [4.69, 9.17) is 32.2 Å². The van der Waals surface area contributed by atoms with Crippen LogP contribution in [0.25, 0.3) is 6.08 Å². The van der Waals surface area contributed by atoms with Gasteiger partial charge in [-0.1, -0.05) is 44.8 Å². The number of nitrogens with zero attached hydrogens (tertiary/aromatic N) is 2. The summed E-state index contributed by atoms with van der Waals surface area (Å²) in [6.07, 6.45) is 7.06. The second-order valence-corrected chi connectivity index (χ2v) is 10.00. The number of aromatic nitrogens is 1. The smallest absolute Gasteiger partial charge is 0.338 e. The number of terminal acetylenes is 1. The van der Waals surface area contributed by atoms with Gasteiger partial charge in [0.25, 0.3) is 5.56 Å². The Morgan fingerprint density at radius 3 is 2.72 bits per heavy atom. The number of methoxy groups -OCH3 is 2. The third-order valence-electron chi connectivity index (χ3n) is 5.48. The topological polar surface area (TPSA) is 79.1 Å². The maximum Gasteiger partial charge on any atom is 0.338 e. The van der Waals surface area contributed by atoms with E-state index in [1.807, 2.05) is 12.1 Å². The number of ether oxygens (including phenoxy) is 3. The molecular formula is C26H20BrClN2O5S. The molecule has 0 spiro atoms. The van der Waals surface area contributed by atoms with Gasteiger partial charge in [-0.3, -0.25) is 9.36 Å². The normalized spacial score (nSPS) is 15.1. The molecule has 0 N–H and O–H groups in total. The van der Waals surface area contributed by atoms with Crippen LogP contribution in [0.1, 0.15) is 24.1 Å². The SMILES string of the molecule is C#CCOc1ccc(Br)cc1/C=c1\sc2n(c1=O)[C@H](c1cc(Cl)ccc1OC)C(C(=O)OC)=C(C)N=2. The van der Waals surface area contributed by atoms with Gasteiger partial charge in [0.2, 0.25) is 0 Å². The van der Waals surface area contributed by atoms with E-state index in [0.29, 0.717) is 42.7 Å². The van der Waals surface area contributed by atoms with E-state index in [1.165, 1.54) is 30.1 Å². The van der Waals surface area contributed by atoms with Crippen molar-refractivity contribution in [2.24, 2.45) is 4.99 Å². The lowest BCUT2D eigenvalue weighted by Crippen LogP contribution is -2.40. The van der Waals surface area contributed by atoms with Gasteiger partial charge in [0.05, 0.1) is 30.0 Å². The molecule has 36 heavy (non-hydrogen) atoms. The van der Waals surface area contributed by atoms with Gasteiger partial charge in [-0.25, -0.2) is 9.79 Å². The number of benzene rings is 2. The molecular weight excluding hydrogens is 568 g/mol. The Morgan fingerprint density at radius 2 is 2.03 bits per heavy atom. The number of fused-ring (bicyclic) bond motifs is 1. The standard InChI is InChI=1S/C26H20BrClN2O5S/c1-5-10-35-19-8-6-16(27)11-15(19)12-21-24(31)30-23(18-13-17(28)7-9-20(18)33-3)22(25(32)34-4)14(2)29-26(30)36-21/h1,6-9,11-13,23H,10H2,2-4H3/b21-12-/t23-/m1/s1. The highest BCUT2D eigenvalue weighted by Crippen LogP contribution is 2.37. The van der Waals surface area contributed by atoms with Gasteiger partial charge in [-0.2, -0.15) is 0 Å². The molecule has 0 bridgehead atoms. The number of hydrogen-bond donors (Lipinski definition) is 0. The van der Waals surface area contributed by atoms with E-state index >= 15 is 0 Å². The Balaban J connectivity index is 2.01. The number of thiazole rings is 1. The van der Waals surface area contributed by atoms with Crippen molar-refractivity contribution in [3.05, 3.63) is 88.0 Å². The average molecular weight is 588 g/mol. The van der Waals surface area contributed by atoms with Crippen LogP contribution in [-0.2, 0) is 9.53 Å². The number of carbonyl (C=O) groups excluding carboxylic acids is 1. The van der Waals surface area contributed by atoms with E-state index < -0.39 is 12.0 Å². The number of rotatable bonds is 6. The fraction of sp³-hybridized carbons (Fsp3) is 0.192. The first kappa shape index (κ1) is 25.8. The van der Waals surface area contributed by atoms with Crippen LogP contribution in [-0.4, -0.2) is 31.4 Å². The minimum absolute atomic E-state index is 0.0833. The monoisotopic (exact) mass is 586 g/mol. The van der Waals surface area contributed by atoms with Crippen molar-refractivity contribution >= 4 is 50.9 Å². The largest absolute Gasteiger partial charge is 0.496 e. The fourth-order valence-corrected chi connectivity index (χ4v) is 5.53. The van der Waals surface area contributed by atoms with Gasteiger partial charge >= 0.3 is 5.97 Å². The molecule has 10 heteroatoms. The van der Waals surface area contributed by atoms with Crippen LogP contribution in [0, 0.1) is 12.3 Å². The summed E-state index contributed by atoms with van der Waals surface area (Å²) < 4.78 is 18.9. The lowest BCUT2D eigenvalue weighted by atomic mass is 9.95. The first-order valence-electron chi connectivity index (χ1n) is 10.6. The molecule has 3 aromatic rings. The lowest BCUT2D eigenvalue weighted by molar-refractivity contribution is -0.136. The molecule has 0 radical (unpaired) electrons. The van der Waals surface area contributed by atoms with E-state index in [0.717, 1.165) is 4.47 Å². The zero-order chi connectivity index (χ0) is 26.0. The van der Waals surface area contributed by atoms with Crippen LogP contribution >= 0.6 is 38.9 Å². The quantitative estimate of drug-likeness (QED) is 0.324. The summed E-state index contributed by atoms with van der Waals surface area (Å²) in [6.45, 7) is 1.79. The Hall–Kier alpha value is -3.32. The Labute approximate surface area is 224 Å². The molecule has 0 aliphatic carbocycles.